The molecule has 2 nitrogen and oxygen atoms in total. The van der Waals surface area contributed by atoms with E-state index >= 15 is 0 Å². The molecule has 3 heteroatoms. The van der Waals surface area contributed by atoms with Gasteiger partial charge in [0.1, 0.15) is 0 Å². The van der Waals surface area contributed by atoms with Gasteiger partial charge in [0.15, 0.2) is 0 Å². The third-order valence-corrected chi connectivity index (χ3v) is 9.22. The highest BCUT2D eigenvalue weighted by molar-refractivity contribution is 6.31. The van der Waals surface area contributed by atoms with E-state index in [9.17, 15) is 0 Å². The Hall–Kier alpha value is -2.71. The number of allylic oxidation sites excluding steroid dienone is 5. The van der Waals surface area contributed by atoms with Gasteiger partial charge in [0, 0.05) is 23.1 Å². The molecule has 0 saturated heterocycles. The van der Waals surface area contributed by atoms with Crippen LogP contribution in [0.25, 0.3) is 5.57 Å². The fourth-order valence-corrected chi connectivity index (χ4v) is 7.12. The number of aryl methyl sites for hydroxylation is 1. The molecule has 0 amide bonds. The van der Waals surface area contributed by atoms with Crippen LogP contribution in [0.3, 0.4) is 0 Å². The van der Waals surface area contributed by atoms with E-state index in [1.54, 1.807) is 0 Å². The molecule has 0 radical (unpaired) electrons. The molecule has 1 saturated carbocycles. The number of halogens is 1. The van der Waals surface area contributed by atoms with E-state index in [1.165, 1.54) is 65.6 Å². The summed E-state index contributed by atoms with van der Waals surface area (Å²) >= 11 is 6.22. The van der Waals surface area contributed by atoms with Crippen LogP contribution in [-0.4, -0.2) is 17.2 Å². The summed E-state index contributed by atoms with van der Waals surface area (Å²) < 4.78 is 0. The first-order chi connectivity index (χ1) is 17.7. The summed E-state index contributed by atoms with van der Waals surface area (Å²) in [5, 5.41) is 0.858. The van der Waals surface area contributed by atoms with Gasteiger partial charge in [-0.15, -0.1) is 0 Å². The molecule has 1 aliphatic heterocycles. The van der Waals surface area contributed by atoms with Crippen LogP contribution in [0, 0.1) is 17.8 Å². The monoisotopic (exact) mass is 494 g/mol. The summed E-state index contributed by atoms with van der Waals surface area (Å²) in [6, 6.07) is 15.5. The van der Waals surface area contributed by atoms with Crippen molar-refractivity contribution in [1.82, 2.24) is 4.98 Å². The lowest BCUT2D eigenvalue weighted by atomic mass is 9.67. The van der Waals surface area contributed by atoms with Crippen LogP contribution in [0.2, 0.25) is 0 Å². The van der Waals surface area contributed by atoms with Crippen molar-refractivity contribution in [3.63, 3.8) is 0 Å². The number of dihydropyridines is 1. The minimum atomic E-state index is 0.224. The lowest BCUT2D eigenvalue weighted by molar-refractivity contribution is 0.247. The van der Waals surface area contributed by atoms with Crippen LogP contribution in [-0.2, 0) is 6.42 Å². The third kappa shape index (κ3) is 4.68. The van der Waals surface area contributed by atoms with Crippen LogP contribution in [0.1, 0.15) is 67.7 Å². The number of pyridine rings is 1. The van der Waals surface area contributed by atoms with E-state index < -0.39 is 0 Å². The summed E-state index contributed by atoms with van der Waals surface area (Å²) in [6.45, 7) is 4.68. The summed E-state index contributed by atoms with van der Waals surface area (Å²) in [5.41, 5.74) is 8.07. The average Bonchev–Trinajstić information content (AvgIpc) is 2.93. The number of rotatable bonds is 5. The molecule has 2 aromatic rings. The van der Waals surface area contributed by atoms with Gasteiger partial charge < -0.3 is 0 Å². The lowest BCUT2D eigenvalue weighted by Gasteiger charge is -2.39. The fourth-order valence-electron chi connectivity index (χ4n) is 6.96. The molecule has 0 spiro atoms. The molecule has 6 rings (SSSR count). The van der Waals surface area contributed by atoms with E-state index in [0.717, 1.165) is 30.2 Å². The number of nitrogens with zero attached hydrogens (tertiary/aromatic N) is 2. The quantitative estimate of drug-likeness (QED) is 0.409. The molecule has 0 bridgehead atoms. The first-order valence-electron chi connectivity index (χ1n) is 13.7. The molecule has 3 aliphatic carbocycles. The first-order valence-corrected chi connectivity index (χ1v) is 14.0. The second-order valence-electron chi connectivity index (χ2n) is 11.0. The van der Waals surface area contributed by atoms with E-state index in [2.05, 4.69) is 72.4 Å². The number of aromatic nitrogens is 1. The number of aliphatic imine (C=N–C) groups is 1. The summed E-state index contributed by atoms with van der Waals surface area (Å²) in [5.74, 6) is 2.35. The normalized spacial score (nSPS) is 29.5. The van der Waals surface area contributed by atoms with Crippen LogP contribution in [0.4, 0.5) is 0 Å². The molecule has 1 aromatic carbocycles. The molecule has 3 unspecified atom stereocenters. The predicted molar refractivity (Wildman–Crippen MR) is 151 cm³/mol. The fraction of sp³-hybridized carbons (Fsp3) is 0.394. The standard InChI is InChI=1S/C33H35ClN2/c1-22-32-26(20-31(24-14-16-27(34)17-15-24)29-7-2-3-8-30(29)32)21-36-33(22)25-12-9-23(10-13-25)11-18-28-6-4-5-19-35-28/h2-8,14,16-17,19,21,23-25,31,33H,1,9-13,15,18,20H2. The summed E-state index contributed by atoms with van der Waals surface area (Å²) in [6.07, 6.45) is 20.1. The topological polar surface area (TPSA) is 25.2 Å². The highest BCUT2D eigenvalue weighted by Crippen LogP contribution is 2.49. The SMILES string of the molecule is C=C1C2=C(C=NC1C1CCC(CCc3ccccn3)CC1)CC(C1C=CC(Cl)=CC1)c1ccccc12. The molecule has 2 heterocycles. The van der Waals surface area contributed by atoms with Crippen LogP contribution >= 0.6 is 11.6 Å². The van der Waals surface area contributed by atoms with Crippen LogP contribution < -0.4 is 0 Å². The zero-order chi connectivity index (χ0) is 24.5. The van der Waals surface area contributed by atoms with Crippen molar-refractivity contribution < 1.29 is 0 Å². The zero-order valence-corrected chi connectivity index (χ0v) is 21.7. The zero-order valence-electron chi connectivity index (χ0n) is 21.0. The molecule has 36 heavy (non-hydrogen) atoms. The predicted octanol–water partition coefficient (Wildman–Crippen LogP) is 8.47. The number of hydrogen-bond donors (Lipinski definition) is 0. The Morgan fingerprint density at radius 1 is 1.00 bits per heavy atom. The van der Waals surface area contributed by atoms with Gasteiger partial charge >= 0.3 is 0 Å². The molecular formula is C33H35ClN2. The number of benzene rings is 1. The minimum absolute atomic E-state index is 0.224. The van der Waals surface area contributed by atoms with Crippen LogP contribution in [0.15, 0.2) is 94.6 Å². The van der Waals surface area contributed by atoms with Gasteiger partial charge in [0.25, 0.3) is 0 Å². The van der Waals surface area contributed by atoms with Crippen LogP contribution in [0.5, 0.6) is 0 Å². The van der Waals surface area contributed by atoms with Gasteiger partial charge in [-0.3, -0.25) is 9.98 Å². The van der Waals surface area contributed by atoms with E-state index in [-0.39, 0.29) is 6.04 Å². The second kappa shape index (κ2) is 10.3. The highest BCUT2D eigenvalue weighted by Gasteiger charge is 2.37. The summed E-state index contributed by atoms with van der Waals surface area (Å²) in [7, 11) is 0. The van der Waals surface area contributed by atoms with Gasteiger partial charge in [-0.05, 0) is 108 Å². The summed E-state index contributed by atoms with van der Waals surface area (Å²) in [4.78, 5) is 9.67. The smallest absolute Gasteiger partial charge is 0.0777 e. The van der Waals surface area contributed by atoms with Crippen molar-refractivity contribution in [2.24, 2.45) is 22.7 Å². The Labute approximate surface area is 220 Å². The molecular weight excluding hydrogens is 460 g/mol. The Kier molecular flexibility index (Phi) is 6.80. The maximum atomic E-state index is 6.22. The molecule has 4 aliphatic rings. The van der Waals surface area contributed by atoms with Crippen molar-refractivity contribution in [2.45, 2.75) is 63.3 Å². The Balaban J connectivity index is 1.15. The molecule has 1 fully saturated rings. The van der Waals surface area contributed by atoms with Gasteiger partial charge in [-0.1, -0.05) is 73.5 Å². The molecule has 0 N–H and O–H groups in total. The van der Waals surface area contributed by atoms with E-state index in [1.807, 2.05) is 12.3 Å². The van der Waals surface area contributed by atoms with Gasteiger partial charge in [0.05, 0.1) is 6.04 Å². The van der Waals surface area contributed by atoms with Crippen molar-refractivity contribution in [3.05, 3.63) is 106 Å². The Bertz CT molecular complexity index is 1240. The van der Waals surface area contributed by atoms with Gasteiger partial charge in [0.2, 0.25) is 0 Å². The molecule has 1 aromatic heterocycles. The van der Waals surface area contributed by atoms with Gasteiger partial charge in [-0.25, -0.2) is 0 Å². The van der Waals surface area contributed by atoms with E-state index in [4.69, 9.17) is 16.6 Å². The lowest BCUT2D eigenvalue weighted by Crippen LogP contribution is -2.31. The average molecular weight is 495 g/mol. The van der Waals surface area contributed by atoms with Crippen molar-refractivity contribution in [2.75, 3.05) is 0 Å². The number of fused-ring (bicyclic) bond motifs is 2. The number of hydrogen-bond acceptors (Lipinski definition) is 2. The first kappa shape index (κ1) is 23.7. The van der Waals surface area contributed by atoms with Crippen molar-refractivity contribution in [1.29, 1.82) is 0 Å². The Morgan fingerprint density at radius 2 is 1.83 bits per heavy atom. The third-order valence-electron chi connectivity index (χ3n) is 8.94. The Morgan fingerprint density at radius 3 is 2.61 bits per heavy atom. The maximum Gasteiger partial charge on any atom is 0.0777 e. The van der Waals surface area contributed by atoms with Crippen molar-refractivity contribution >= 4 is 23.4 Å². The minimum Gasteiger partial charge on any atom is -0.285 e. The second-order valence-corrected chi connectivity index (χ2v) is 11.5. The largest absolute Gasteiger partial charge is 0.285 e. The highest BCUT2D eigenvalue weighted by atomic mass is 35.5. The van der Waals surface area contributed by atoms with E-state index in [0.29, 0.717) is 17.8 Å². The molecule has 3 atom stereocenters. The maximum absolute atomic E-state index is 6.22. The van der Waals surface area contributed by atoms with Crippen molar-refractivity contribution in [3.8, 4) is 0 Å². The van der Waals surface area contributed by atoms with Gasteiger partial charge in [-0.2, -0.15) is 0 Å². The molecule has 184 valence electrons.